The number of halogens is 3. The van der Waals surface area contributed by atoms with Crippen molar-refractivity contribution in [3.05, 3.63) is 35.4 Å². The highest BCUT2D eigenvalue weighted by Crippen LogP contribution is 2.35. The minimum atomic E-state index is -4.36. The summed E-state index contributed by atoms with van der Waals surface area (Å²) < 4.78 is 38.4. The lowest BCUT2D eigenvalue weighted by Crippen LogP contribution is -2.31. The molecule has 21 heavy (non-hydrogen) atoms. The van der Waals surface area contributed by atoms with E-state index in [1.807, 2.05) is 0 Å². The van der Waals surface area contributed by atoms with Gasteiger partial charge in [0, 0.05) is 6.54 Å². The van der Waals surface area contributed by atoms with E-state index in [9.17, 15) is 18.0 Å². The van der Waals surface area contributed by atoms with Crippen LogP contribution >= 0.6 is 0 Å². The Balaban J connectivity index is 1.78. The molecule has 3 rings (SSSR count). The Morgan fingerprint density at radius 1 is 1.29 bits per heavy atom. The van der Waals surface area contributed by atoms with Crippen LogP contribution in [0.2, 0.25) is 0 Å². The molecule has 1 aliphatic carbocycles. The predicted molar refractivity (Wildman–Crippen MR) is 71.2 cm³/mol. The van der Waals surface area contributed by atoms with Gasteiger partial charge in [0.05, 0.1) is 12.1 Å². The summed E-state index contributed by atoms with van der Waals surface area (Å²) in [5.41, 5.74) is -0.185. The molecule has 0 aromatic heterocycles. The first-order chi connectivity index (χ1) is 9.95. The normalized spacial score (nSPS) is 22.9. The molecule has 1 aromatic carbocycles. The number of nitrogens with one attached hydrogen (secondary N) is 1. The lowest BCUT2D eigenvalue weighted by Gasteiger charge is -2.25. The van der Waals surface area contributed by atoms with Gasteiger partial charge in [0.1, 0.15) is 6.17 Å². The molecule has 1 aliphatic heterocycles. The molecule has 0 radical (unpaired) electrons. The highest BCUT2D eigenvalue weighted by molar-refractivity contribution is 5.80. The Morgan fingerprint density at radius 3 is 2.71 bits per heavy atom. The lowest BCUT2D eigenvalue weighted by atomic mass is 10.1. The van der Waals surface area contributed by atoms with Crippen LogP contribution in [0.15, 0.2) is 24.3 Å². The maximum absolute atomic E-state index is 12.8. The summed E-state index contributed by atoms with van der Waals surface area (Å²) in [5.74, 6) is 0.638. The van der Waals surface area contributed by atoms with Crippen molar-refractivity contribution >= 4 is 5.91 Å². The van der Waals surface area contributed by atoms with Crippen molar-refractivity contribution in [3.63, 3.8) is 0 Å². The first-order valence-corrected chi connectivity index (χ1v) is 7.15. The van der Waals surface area contributed by atoms with Gasteiger partial charge in [-0.3, -0.25) is 10.1 Å². The minimum Gasteiger partial charge on any atom is -0.322 e. The number of rotatable bonds is 4. The van der Waals surface area contributed by atoms with Gasteiger partial charge in [-0.2, -0.15) is 13.2 Å². The second kappa shape index (κ2) is 5.33. The Kier molecular flexibility index (Phi) is 3.65. The zero-order valence-corrected chi connectivity index (χ0v) is 11.5. The molecule has 6 heteroatoms. The summed E-state index contributed by atoms with van der Waals surface area (Å²) in [7, 11) is 0. The smallest absolute Gasteiger partial charge is 0.322 e. The number of nitrogens with zero attached hydrogens (tertiary/aromatic N) is 1. The van der Waals surface area contributed by atoms with Crippen LogP contribution in [-0.2, 0) is 11.0 Å². The van der Waals surface area contributed by atoms with E-state index < -0.39 is 17.9 Å². The molecule has 1 unspecified atom stereocenters. The van der Waals surface area contributed by atoms with Crippen LogP contribution < -0.4 is 5.32 Å². The molecule has 2 fully saturated rings. The van der Waals surface area contributed by atoms with E-state index in [2.05, 4.69) is 5.32 Å². The van der Waals surface area contributed by atoms with Gasteiger partial charge in [0.2, 0.25) is 5.91 Å². The average Bonchev–Trinajstić information content (AvgIpc) is 3.19. The maximum Gasteiger partial charge on any atom is 0.416 e. The molecular formula is C15H17F3N2O. The number of benzene rings is 1. The summed E-state index contributed by atoms with van der Waals surface area (Å²) in [6.45, 7) is 0.795. The minimum absolute atomic E-state index is 0.0435. The van der Waals surface area contributed by atoms with Gasteiger partial charge >= 0.3 is 6.18 Å². The number of hydrogen-bond donors (Lipinski definition) is 1. The molecule has 2 aliphatic rings. The van der Waals surface area contributed by atoms with Crippen LogP contribution in [0.4, 0.5) is 13.2 Å². The molecule has 1 N–H and O–H groups in total. The van der Waals surface area contributed by atoms with Gasteiger partial charge in [-0.15, -0.1) is 0 Å². The summed E-state index contributed by atoms with van der Waals surface area (Å²) >= 11 is 0. The molecule has 1 amide bonds. The van der Waals surface area contributed by atoms with Gasteiger partial charge in [0.25, 0.3) is 0 Å². The van der Waals surface area contributed by atoms with Gasteiger partial charge in [0.15, 0.2) is 0 Å². The van der Waals surface area contributed by atoms with Crippen LogP contribution in [0.3, 0.4) is 0 Å². The highest BCUT2D eigenvalue weighted by atomic mass is 19.4. The molecule has 114 valence electrons. The highest BCUT2D eigenvalue weighted by Gasteiger charge is 2.35. The number of carbonyl (C=O) groups excluding carboxylic acids is 1. The number of alkyl halides is 3. The van der Waals surface area contributed by atoms with E-state index in [1.54, 1.807) is 11.0 Å². The summed E-state index contributed by atoms with van der Waals surface area (Å²) in [4.78, 5) is 13.6. The fourth-order valence-corrected chi connectivity index (χ4v) is 2.70. The van der Waals surface area contributed by atoms with Crippen molar-refractivity contribution in [1.82, 2.24) is 10.2 Å². The van der Waals surface area contributed by atoms with E-state index in [4.69, 9.17) is 0 Å². The fraction of sp³-hybridized carbons (Fsp3) is 0.533. The summed E-state index contributed by atoms with van der Waals surface area (Å²) in [5, 5.41) is 3.00. The molecule has 0 spiro atoms. The first-order valence-electron chi connectivity index (χ1n) is 7.15. The van der Waals surface area contributed by atoms with Gasteiger partial charge < -0.3 is 4.90 Å². The Hall–Kier alpha value is -1.56. The zero-order chi connectivity index (χ0) is 15.0. The molecule has 1 heterocycles. The Labute approximate surface area is 121 Å². The molecule has 1 saturated carbocycles. The maximum atomic E-state index is 12.8. The van der Waals surface area contributed by atoms with E-state index >= 15 is 0 Å². The second-order valence-corrected chi connectivity index (χ2v) is 5.73. The van der Waals surface area contributed by atoms with Crippen LogP contribution in [0.25, 0.3) is 0 Å². The van der Waals surface area contributed by atoms with Gasteiger partial charge in [-0.05, 0) is 30.0 Å². The molecule has 1 saturated heterocycles. The number of amides is 1. The zero-order valence-electron chi connectivity index (χ0n) is 11.5. The molecule has 0 bridgehead atoms. The van der Waals surface area contributed by atoms with E-state index in [0.29, 0.717) is 18.0 Å². The van der Waals surface area contributed by atoms with Crippen LogP contribution in [0, 0.1) is 5.92 Å². The summed E-state index contributed by atoms with van der Waals surface area (Å²) in [6, 6.07) is 5.20. The van der Waals surface area contributed by atoms with Crippen molar-refractivity contribution in [2.75, 3.05) is 13.1 Å². The van der Waals surface area contributed by atoms with Crippen LogP contribution in [-0.4, -0.2) is 23.9 Å². The topological polar surface area (TPSA) is 32.3 Å². The third kappa shape index (κ3) is 3.20. The van der Waals surface area contributed by atoms with Crippen molar-refractivity contribution in [3.8, 4) is 0 Å². The van der Waals surface area contributed by atoms with Gasteiger partial charge in [-0.1, -0.05) is 25.0 Å². The SMILES string of the molecule is O=C1CNC(c2cccc(C(F)(F)F)c2)N1CCC1CC1. The van der Waals surface area contributed by atoms with Crippen molar-refractivity contribution in [2.24, 2.45) is 5.92 Å². The van der Waals surface area contributed by atoms with Crippen LogP contribution in [0.1, 0.15) is 36.6 Å². The van der Waals surface area contributed by atoms with Crippen LogP contribution in [0.5, 0.6) is 0 Å². The molecule has 1 aromatic rings. The van der Waals surface area contributed by atoms with E-state index in [-0.39, 0.29) is 12.5 Å². The average molecular weight is 298 g/mol. The van der Waals surface area contributed by atoms with Crippen molar-refractivity contribution in [1.29, 1.82) is 0 Å². The Bertz CT molecular complexity index is 540. The lowest BCUT2D eigenvalue weighted by molar-refractivity contribution is -0.137. The van der Waals surface area contributed by atoms with Crippen molar-refractivity contribution < 1.29 is 18.0 Å². The molecule has 1 atom stereocenters. The van der Waals surface area contributed by atoms with Gasteiger partial charge in [-0.25, -0.2) is 0 Å². The summed E-state index contributed by atoms with van der Waals surface area (Å²) in [6.07, 6.45) is -1.48. The monoisotopic (exact) mass is 298 g/mol. The third-order valence-corrected chi connectivity index (χ3v) is 4.08. The van der Waals surface area contributed by atoms with E-state index in [0.717, 1.165) is 18.6 Å². The fourth-order valence-electron chi connectivity index (χ4n) is 2.70. The van der Waals surface area contributed by atoms with Crippen molar-refractivity contribution in [2.45, 2.75) is 31.6 Å². The third-order valence-electron chi connectivity index (χ3n) is 4.08. The standard InChI is InChI=1S/C15H17F3N2O/c16-15(17,18)12-3-1-2-11(8-12)14-19-9-13(21)20(14)7-6-10-4-5-10/h1-3,8,10,14,19H,4-7,9H2. The predicted octanol–water partition coefficient (Wildman–Crippen LogP) is 2.94. The number of hydrogen-bond acceptors (Lipinski definition) is 2. The largest absolute Gasteiger partial charge is 0.416 e. The van der Waals surface area contributed by atoms with E-state index in [1.165, 1.54) is 18.9 Å². The molecule has 3 nitrogen and oxygen atoms in total. The Morgan fingerprint density at radius 2 is 2.05 bits per heavy atom. The molecular weight excluding hydrogens is 281 g/mol. The quantitative estimate of drug-likeness (QED) is 0.927. The second-order valence-electron chi connectivity index (χ2n) is 5.73. The number of carbonyl (C=O) groups is 1. The first kappa shape index (κ1) is 14.4.